The second-order valence-corrected chi connectivity index (χ2v) is 4.52. The van der Waals surface area contributed by atoms with Crippen LogP contribution in [0.25, 0.3) is 0 Å². The first-order chi connectivity index (χ1) is 9.19. The first kappa shape index (κ1) is 13.4. The number of hydrogen-bond acceptors (Lipinski definition) is 4. The van der Waals surface area contributed by atoms with E-state index in [1.807, 2.05) is 36.2 Å². The molecule has 1 saturated heterocycles. The van der Waals surface area contributed by atoms with Gasteiger partial charge in [0.1, 0.15) is 11.8 Å². The van der Waals surface area contributed by atoms with Crippen LogP contribution in [-0.4, -0.2) is 44.1 Å². The molecular weight excluding hydrogens is 242 g/mol. The third kappa shape index (κ3) is 2.54. The summed E-state index contributed by atoms with van der Waals surface area (Å²) in [5, 5.41) is 8.84. The molecule has 5 heteroatoms. The number of hydrogen-bond donors (Lipinski definition) is 0. The van der Waals surface area contributed by atoms with Crippen molar-refractivity contribution < 1.29 is 9.53 Å². The summed E-state index contributed by atoms with van der Waals surface area (Å²) in [7, 11) is 3.46. The van der Waals surface area contributed by atoms with Gasteiger partial charge in [-0.25, -0.2) is 0 Å². The summed E-state index contributed by atoms with van der Waals surface area (Å²) < 4.78 is 5.30. The number of benzene rings is 1. The first-order valence-corrected chi connectivity index (χ1v) is 6.20. The highest BCUT2D eigenvalue weighted by Gasteiger charge is 2.34. The first-order valence-electron chi connectivity index (χ1n) is 6.20. The van der Waals surface area contributed by atoms with Gasteiger partial charge in [0.25, 0.3) is 0 Å². The van der Waals surface area contributed by atoms with Gasteiger partial charge < -0.3 is 9.64 Å². The zero-order valence-corrected chi connectivity index (χ0v) is 11.2. The summed E-state index contributed by atoms with van der Waals surface area (Å²) in [6.45, 7) is 1.35. The highest BCUT2D eigenvalue weighted by molar-refractivity contribution is 5.99. The van der Waals surface area contributed by atoms with Crippen molar-refractivity contribution >= 4 is 11.6 Å². The molecule has 5 nitrogen and oxygen atoms in total. The van der Waals surface area contributed by atoms with Crippen molar-refractivity contribution in [3.8, 4) is 11.8 Å². The third-order valence-corrected chi connectivity index (χ3v) is 3.42. The molecule has 0 saturated carbocycles. The van der Waals surface area contributed by atoms with Crippen LogP contribution in [0.15, 0.2) is 24.3 Å². The van der Waals surface area contributed by atoms with Gasteiger partial charge in [-0.1, -0.05) is 12.1 Å². The summed E-state index contributed by atoms with van der Waals surface area (Å²) in [5.74, 6) is 0.635. The number of anilines is 1. The highest BCUT2D eigenvalue weighted by atomic mass is 16.5. The van der Waals surface area contributed by atoms with Gasteiger partial charge in [0.05, 0.1) is 25.3 Å². The van der Waals surface area contributed by atoms with Gasteiger partial charge in [0.2, 0.25) is 5.91 Å². The van der Waals surface area contributed by atoms with E-state index in [4.69, 9.17) is 10.00 Å². The molecule has 19 heavy (non-hydrogen) atoms. The second-order valence-electron chi connectivity index (χ2n) is 4.52. The van der Waals surface area contributed by atoms with Gasteiger partial charge in [-0.3, -0.25) is 9.69 Å². The molecule has 1 amide bonds. The van der Waals surface area contributed by atoms with Gasteiger partial charge in [0, 0.05) is 13.1 Å². The van der Waals surface area contributed by atoms with E-state index in [1.165, 1.54) is 0 Å². The van der Waals surface area contributed by atoms with E-state index >= 15 is 0 Å². The van der Waals surface area contributed by atoms with Crippen LogP contribution in [0.2, 0.25) is 0 Å². The Balaban J connectivity index is 2.30. The summed E-state index contributed by atoms with van der Waals surface area (Å²) in [4.78, 5) is 16.1. The average molecular weight is 259 g/mol. The lowest BCUT2D eigenvalue weighted by Gasteiger charge is -2.38. The average Bonchev–Trinajstić information content (AvgIpc) is 2.43. The number of carbonyl (C=O) groups is 1. The number of rotatable bonds is 3. The molecule has 1 aliphatic heterocycles. The van der Waals surface area contributed by atoms with Gasteiger partial charge in [0.15, 0.2) is 0 Å². The van der Waals surface area contributed by atoms with Crippen LogP contribution >= 0.6 is 0 Å². The van der Waals surface area contributed by atoms with Crippen molar-refractivity contribution in [3.05, 3.63) is 24.3 Å². The van der Waals surface area contributed by atoms with Crippen LogP contribution < -0.4 is 9.64 Å². The Morgan fingerprint density at radius 1 is 1.42 bits per heavy atom. The van der Waals surface area contributed by atoms with E-state index in [0.29, 0.717) is 12.3 Å². The van der Waals surface area contributed by atoms with Crippen LogP contribution in [0.5, 0.6) is 5.75 Å². The fourth-order valence-corrected chi connectivity index (χ4v) is 2.31. The van der Waals surface area contributed by atoms with Crippen LogP contribution in [-0.2, 0) is 4.79 Å². The molecule has 0 N–H and O–H groups in total. The molecule has 1 atom stereocenters. The Kier molecular flexibility index (Phi) is 4.03. The van der Waals surface area contributed by atoms with Crippen molar-refractivity contribution in [2.75, 3.05) is 32.1 Å². The van der Waals surface area contributed by atoms with Crippen LogP contribution in [0.4, 0.5) is 5.69 Å². The maximum atomic E-state index is 12.5. The lowest BCUT2D eigenvalue weighted by atomic mass is 10.1. The third-order valence-electron chi connectivity index (χ3n) is 3.42. The molecular formula is C14H17N3O2. The predicted octanol–water partition coefficient (Wildman–Crippen LogP) is 1.26. The number of carbonyl (C=O) groups excluding carboxylic acids is 1. The van der Waals surface area contributed by atoms with E-state index in [1.54, 1.807) is 12.0 Å². The molecule has 1 aromatic carbocycles. The number of ether oxygens (including phenoxy) is 1. The molecule has 2 rings (SSSR count). The molecule has 100 valence electrons. The maximum Gasteiger partial charge on any atom is 0.245 e. The van der Waals surface area contributed by atoms with Crippen molar-refractivity contribution in [1.29, 1.82) is 5.26 Å². The zero-order valence-electron chi connectivity index (χ0n) is 11.2. The molecule has 1 fully saturated rings. The molecule has 1 aromatic rings. The monoisotopic (exact) mass is 259 g/mol. The Hall–Kier alpha value is -2.06. The second kappa shape index (κ2) is 5.72. The van der Waals surface area contributed by atoms with Crippen LogP contribution in [0.1, 0.15) is 6.42 Å². The van der Waals surface area contributed by atoms with Crippen molar-refractivity contribution in [1.82, 2.24) is 4.90 Å². The standard InChI is InChI=1S/C14H17N3O2/c1-16-9-10-17(14(18)12(16)7-8-15)11-5-3-4-6-13(11)19-2/h3-6,12H,7,9-10H2,1-2H3. The summed E-state index contributed by atoms with van der Waals surface area (Å²) >= 11 is 0. The fourth-order valence-electron chi connectivity index (χ4n) is 2.31. The quantitative estimate of drug-likeness (QED) is 0.820. The molecule has 0 bridgehead atoms. The zero-order chi connectivity index (χ0) is 13.8. The molecule has 1 heterocycles. The topological polar surface area (TPSA) is 56.6 Å². The minimum Gasteiger partial charge on any atom is -0.495 e. The number of likely N-dealkylation sites (N-methyl/N-ethyl adjacent to an activating group) is 1. The number of methoxy groups -OCH3 is 1. The molecule has 0 aliphatic carbocycles. The van der Waals surface area contributed by atoms with E-state index in [-0.39, 0.29) is 18.4 Å². The van der Waals surface area contributed by atoms with Crippen LogP contribution in [0, 0.1) is 11.3 Å². The lowest BCUT2D eigenvalue weighted by molar-refractivity contribution is -0.125. The van der Waals surface area contributed by atoms with E-state index < -0.39 is 0 Å². The summed E-state index contributed by atoms with van der Waals surface area (Å²) in [6.07, 6.45) is 0.209. The maximum absolute atomic E-state index is 12.5. The van der Waals surface area contributed by atoms with E-state index in [0.717, 1.165) is 12.2 Å². The van der Waals surface area contributed by atoms with Crippen molar-refractivity contribution in [2.24, 2.45) is 0 Å². The van der Waals surface area contributed by atoms with E-state index in [2.05, 4.69) is 6.07 Å². The largest absolute Gasteiger partial charge is 0.495 e. The highest BCUT2D eigenvalue weighted by Crippen LogP contribution is 2.30. The lowest BCUT2D eigenvalue weighted by Crippen LogP contribution is -2.55. The van der Waals surface area contributed by atoms with Crippen molar-refractivity contribution in [2.45, 2.75) is 12.5 Å². The number of nitrogens with zero attached hydrogens (tertiary/aromatic N) is 3. The molecule has 1 unspecified atom stereocenters. The minimum absolute atomic E-state index is 0.0419. The Labute approximate surface area is 113 Å². The Morgan fingerprint density at radius 2 is 2.16 bits per heavy atom. The normalized spacial score (nSPS) is 20.2. The Bertz CT molecular complexity index is 510. The van der Waals surface area contributed by atoms with Crippen LogP contribution in [0.3, 0.4) is 0 Å². The molecule has 0 radical (unpaired) electrons. The Morgan fingerprint density at radius 3 is 2.84 bits per heavy atom. The molecule has 0 spiro atoms. The predicted molar refractivity (Wildman–Crippen MR) is 72.0 cm³/mol. The molecule has 1 aliphatic rings. The smallest absolute Gasteiger partial charge is 0.245 e. The molecule has 0 aromatic heterocycles. The van der Waals surface area contributed by atoms with Gasteiger partial charge >= 0.3 is 0 Å². The van der Waals surface area contributed by atoms with Crippen molar-refractivity contribution in [3.63, 3.8) is 0 Å². The number of para-hydroxylation sites is 2. The van der Waals surface area contributed by atoms with Gasteiger partial charge in [-0.2, -0.15) is 5.26 Å². The number of amides is 1. The summed E-state index contributed by atoms with van der Waals surface area (Å²) in [6, 6.07) is 9.16. The number of nitriles is 1. The number of piperazine rings is 1. The van der Waals surface area contributed by atoms with E-state index in [9.17, 15) is 4.79 Å². The fraction of sp³-hybridized carbons (Fsp3) is 0.429. The van der Waals surface area contributed by atoms with Gasteiger partial charge in [-0.15, -0.1) is 0 Å². The minimum atomic E-state index is -0.372. The summed E-state index contributed by atoms with van der Waals surface area (Å²) in [5.41, 5.74) is 0.769. The van der Waals surface area contributed by atoms with Gasteiger partial charge in [-0.05, 0) is 19.2 Å². The SMILES string of the molecule is COc1ccccc1N1CCN(C)C(CC#N)C1=O.